The Balaban J connectivity index is 1.11. The van der Waals surface area contributed by atoms with E-state index in [0.29, 0.717) is 12.8 Å². The fraction of sp³-hybridized carbons (Fsp3) is 0.609. The molecule has 0 amide bonds. The topological polar surface area (TPSA) is 46.0 Å². The van der Waals surface area contributed by atoms with Crippen LogP contribution in [0.4, 0.5) is 0 Å². The summed E-state index contributed by atoms with van der Waals surface area (Å²) in [7, 11) is 0. The third-order valence-electron chi connectivity index (χ3n) is 6.66. The average Bonchev–Trinajstić information content (AvgIpc) is 3.43. The van der Waals surface area contributed by atoms with E-state index in [1.807, 2.05) is 16.9 Å². The molecular formula is C23H33N5O2. The first kappa shape index (κ1) is 19.8. The van der Waals surface area contributed by atoms with Gasteiger partial charge < -0.3 is 9.47 Å². The number of fused-ring (bicyclic) bond motifs is 1. The minimum Gasteiger partial charge on any atom is -0.454 e. The summed E-state index contributed by atoms with van der Waals surface area (Å²) in [6.07, 6.45) is 6.84. The number of ether oxygens (including phenoxy) is 2. The van der Waals surface area contributed by atoms with E-state index in [1.54, 1.807) is 0 Å². The molecule has 1 aromatic carbocycles. The molecule has 0 radical (unpaired) electrons. The van der Waals surface area contributed by atoms with E-state index in [1.165, 1.54) is 37.1 Å². The lowest BCUT2D eigenvalue weighted by Gasteiger charge is -2.43. The van der Waals surface area contributed by atoms with E-state index in [0.717, 1.165) is 57.3 Å². The number of hydrogen-bond donors (Lipinski definition) is 0. The smallest absolute Gasteiger partial charge is 0.231 e. The molecule has 7 heteroatoms. The number of benzene rings is 1. The van der Waals surface area contributed by atoms with Gasteiger partial charge in [0.1, 0.15) is 0 Å². The van der Waals surface area contributed by atoms with Crippen molar-refractivity contribution in [1.29, 1.82) is 0 Å². The fourth-order valence-electron chi connectivity index (χ4n) is 4.98. The van der Waals surface area contributed by atoms with Crippen LogP contribution in [-0.4, -0.2) is 76.6 Å². The molecule has 162 valence electrons. The summed E-state index contributed by atoms with van der Waals surface area (Å²) in [5.74, 6) is 1.75. The van der Waals surface area contributed by atoms with E-state index in [-0.39, 0.29) is 0 Å². The molecule has 2 fully saturated rings. The predicted molar refractivity (Wildman–Crippen MR) is 116 cm³/mol. The maximum atomic E-state index is 5.53. The average molecular weight is 412 g/mol. The molecule has 2 saturated heterocycles. The summed E-state index contributed by atoms with van der Waals surface area (Å²) < 4.78 is 13.0. The Bertz CT molecular complexity index is 846. The van der Waals surface area contributed by atoms with Gasteiger partial charge in [0.15, 0.2) is 11.5 Å². The molecule has 1 aromatic heterocycles. The third kappa shape index (κ3) is 4.48. The van der Waals surface area contributed by atoms with Crippen LogP contribution in [-0.2, 0) is 19.6 Å². The van der Waals surface area contributed by atoms with Crippen LogP contribution in [0.3, 0.4) is 0 Å². The molecule has 0 N–H and O–H groups in total. The molecule has 0 saturated carbocycles. The predicted octanol–water partition coefficient (Wildman–Crippen LogP) is 2.41. The summed E-state index contributed by atoms with van der Waals surface area (Å²) in [5.41, 5.74) is 2.65. The van der Waals surface area contributed by atoms with Crippen molar-refractivity contribution in [3.05, 3.63) is 41.7 Å². The van der Waals surface area contributed by atoms with Crippen molar-refractivity contribution < 1.29 is 9.47 Å². The molecule has 7 nitrogen and oxygen atoms in total. The third-order valence-corrected chi connectivity index (χ3v) is 6.66. The maximum Gasteiger partial charge on any atom is 0.231 e. The minimum absolute atomic E-state index is 0.344. The van der Waals surface area contributed by atoms with Crippen molar-refractivity contribution in [2.75, 3.05) is 46.1 Å². The fourth-order valence-corrected chi connectivity index (χ4v) is 4.98. The van der Waals surface area contributed by atoms with Gasteiger partial charge in [0, 0.05) is 70.2 Å². The van der Waals surface area contributed by atoms with Crippen LogP contribution in [0.1, 0.15) is 30.9 Å². The molecule has 0 unspecified atom stereocenters. The highest BCUT2D eigenvalue weighted by Gasteiger charge is 2.28. The maximum absolute atomic E-state index is 5.53. The first-order valence-electron chi connectivity index (χ1n) is 11.4. The van der Waals surface area contributed by atoms with Gasteiger partial charge in [-0.15, -0.1) is 0 Å². The Kier molecular flexibility index (Phi) is 5.93. The first-order chi connectivity index (χ1) is 14.8. The molecule has 30 heavy (non-hydrogen) atoms. The van der Waals surface area contributed by atoms with Gasteiger partial charge in [0.2, 0.25) is 6.79 Å². The van der Waals surface area contributed by atoms with Crippen LogP contribution in [0.25, 0.3) is 0 Å². The Morgan fingerprint density at radius 1 is 0.967 bits per heavy atom. The highest BCUT2D eigenvalue weighted by atomic mass is 16.7. The number of aryl methyl sites for hydroxylation is 1. The van der Waals surface area contributed by atoms with E-state index >= 15 is 0 Å². The van der Waals surface area contributed by atoms with Crippen molar-refractivity contribution >= 4 is 0 Å². The number of piperidine rings is 1. The molecule has 0 bridgehead atoms. The highest BCUT2D eigenvalue weighted by molar-refractivity contribution is 5.44. The van der Waals surface area contributed by atoms with Gasteiger partial charge >= 0.3 is 0 Å². The van der Waals surface area contributed by atoms with Gasteiger partial charge in [-0.05, 0) is 44.0 Å². The zero-order valence-electron chi connectivity index (χ0n) is 18.0. The van der Waals surface area contributed by atoms with Crippen molar-refractivity contribution in [3.63, 3.8) is 0 Å². The number of hydrogen-bond acceptors (Lipinski definition) is 6. The highest BCUT2D eigenvalue weighted by Crippen LogP contribution is 2.33. The second-order valence-electron chi connectivity index (χ2n) is 8.74. The molecule has 4 heterocycles. The van der Waals surface area contributed by atoms with Crippen molar-refractivity contribution in [1.82, 2.24) is 24.5 Å². The molecular weight excluding hydrogens is 378 g/mol. The Morgan fingerprint density at radius 2 is 1.80 bits per heavy atom. The van der Waals surface area contributed by atoms with E-state index in [9.17, 15) is 0 Å². The lowest BCUT2D eigenvalue weighted by atomic mass is 10.0. The van der Waals surface area contributed by atoms with E-state index < -0.39 is 0 Å². The van der Waals surface area contributed by atoms with Crippen molar-refractivity contribution in [2.45, 2.75) is 45.4 Å². The SMILES string of the molecule is CCn1cc(CN2CCC[C@@H](N3CCN(Cc4ccc5c(c4)OCO5)CC3)C2)cn1. The zero-order valence-corrected chi connectivity index (χ0v) is 18.0. The molecule has 0 aliphatic carbocycles. The Hall–Kier alpha value is -2.09. The minimum atomic E-state index is 0.344. The van der Waals surface area contributed by atoms with Gasteiger partial charge in [-0.25, -0.2) is 0 Å². The summed E-state index contributed by atoms with van der Waals surface area (Å²) in [6.45, 7) is 12.4. The van der Waals surface area contributed by atoms with E-state index in [2.05, 4.69) is 45.1 Å². The second kappa shape index (κ2) is 8.96. The van der Waals surface area contributed by atoms with Crippen LogP contribution >= 0.6 is 0 Å². The van der Waals surface area contributed by atoms with Crippen LogP contribution < -0.4 is 9.47 Å². The molecule has 5 rings (SSSR count). The number of piperazine rings is 1. The first-order valence-corrected chi connectivity index (χ1v) is 11.4. The lowest BCUT2D eigenvalue weighted by Crippen LogP contribution is -2.54. The number of likely N-dealkylation sites (tertiary alicyclic amines) is 1. The normalized spacial score (nSPS) is 23.2. The van der Waals surface area contributed by atoms with E-state index in [4.69, 9.17) is 9.47 Å². The van der Waals surface area contributed by atoms with Crippen LogP contribution in [0.2, 0.25) is 0 Å². The molecule has 2 aromatic rings. The molecule has 0 spiro atoms. The summed E-state index contributed by atoms with van der Waals surface area (Å²) in [5, 5.41) is 4.43. The van der Waals surface area contributed by atoms with Crippen LogP contribution in [0.5, 0.6) is 11.5 Å². The quantitative estimate of drug-likeness (QED) is 0.728. The Labute approximate surface area is 179 Å². The van der Waals surface area contributed by atoms with Gasteiger partial charge in [-0.2, -0.15) is 5.10 Å². The van der Waals surface area contributed by atoms with Gasteiger partial charge in [-0.1, -0.05) is 6.07 Å². The zero-order chi connectivity index (χ0) is 20.3. The van der Waals surface area contributed by atoms with Crippen molar-refractivity contribution in [2.24, 2.45) is 0 Å². The molecule has 1 atom stereocenters. The van der Waals surface area contributed by atoms with Crippen LogP contribution in [0, 0.1) is 0 Å². The Morgan fingerprint density at radius 3 is 2.63 bits per heavy atom. The summed E-state index contributed by atoms with van der Waals surface area (Å²) >= 11 is 0. The van der Waals surface area contributed by atoms with Gasteiger partial charge in [0.25, 0.3) is 0 Å². The summed E-state index contributed by atoms with van der Waals surface area (Å²) in [6, 6.07) is 7.02. The number of nitrogens with zero attached hydrogens (tertiary/aromatic N) is 5. The molecule has 3 aliphatic heterocycles. The molecule has 3 aliphatic rings. The standard InChI is InChI=1S/C23H33N5O2/c1-2-28-16-20(13-24-28)15-26-7-3-4-21(17-26)27-10-8-25(9-11-27)14-19-5-6-22-23(12-19)30-18-29-22/h5-6,12-13,16,21H,2-4,7-11,14-15,17-18H2,1H3/t21-/m1/s1. The monoisotopic (exact) mass is 411 g/mol. The van der Waals surface area contributed by atoms with Crippen molar-refractivity contribution in [3.8, 4) is 11.5 Å². The van der Waals surface area contributed by atoms with Gasteiger partial charge in [-0.3, -0.25) is 19.4 Å². The van der Waals surface area contributed by atoms with Gasteiger partial charge in [0.05, 0.1) is 6.20 Å². The summed E-state index contributed by atoms with van der Waals surface area (Å²) in [4.78, 5) is 7.90. The number of aromatic nitrogens is 2. The lowest BCUT2D eigenvalue weighted by molar-refractivity contribution is 0.0477. The number of rotatable bonds is 6. The van der Waals surface area contributed by atoms with Crippen LogP contribution in [0.15, 0.2) is 30.6 Å². The second-order valence-corrected chi connectivity index (χ2v) is 8.74. The largest absolute Gasteiger partial charge is 0.454 e.